The Hall–Kier alpha value is -1.49. The molecule has 0 spiro atoms. The summed E-state index contributed by atoms with van der Waals surface area (Å²) in [6.45, 7) is 0.439. The molecule has 1 N–H and O–H groups in total. The lowest BCUT2D eigenvalue weighted by molar-refractivity contribution is -0.141. The molecule has 5 nitrogen and oxygen atoms in total. The summed E-state index contributed by atoms with van der Waals surface area (Å²) in [6.07, 6.45) is 1.17. The van der Waals surface area contributed by atoms with Gasteiger partial charge >= 0.3 is 5.97 Å². The molecule has 1 atom stereocenters. The van der Waals surface area contributed by atoms with Crippen LogP contribution in [0.3, 0.4) is 0 Å². The lowest BCUT2D eigenvalue weighted by atomic mass is 10.2. The van der Waals surface area contributed by atoms with Crippen LogP contribution in [0, 0.1) is 0 Å². The van der Waals surface area contributed by atoms with E-state index in [0.29, 0.717) is 19.4 Å². The second-order valence-corrected chi connectivity index (χ2v) is 3.97. The summed E-state index contributed by atoms with van der Waals surface area (Å²) in [5.41, 5.74) is 0. The fourth-order valence-corrected chi connectivity index (χ4v) is 1.98. The first kappa shape index (κ1) is 11.0. The largest absolute Gasteiger partial charge is 0.480 e. The van der Waals surface area contributed by atoms with E-state index >= 15 is 0 Å². The number of carboxylic acids is 1. The molecular formula is C10H10ClNO4. The van der Waals surface area contributed by atoms with Crippen molar-refractivity contribution in [2.45, 2.75) is 18.9 Å². The van der Waals surface area contributed by atoms with Crippen LogP contribution in [-0.4, -0.2) is 34.5 Å². The lowest BCUT2D eigenvalue weighted by Crippen LogP contribution is -2.40. The normalized spacial score (nSPS) is 20.1. The Morgan fingerprint density at radius 2 is 2.25 bits per heavy atom. The fourth-order valence-electron chi connectivity index (χ4n) is 1.84. The van der Waals surface area contributed by atoms with E-state index in [2.05, 4.69) is 0 Å². The molecule has 0 aliphatic carbocycles. The molecule has 6 heteroatoms. The van der Waals surface area contributed by atoms with E-state index in [0.717, 1.165) is 0 Å². The van der Waals surface area contributed by atoms with Gasteiger partial charge in [-0.05, 0) is 36.6 Å². The third kappa shape index (κ3) is 1.90. The number of carbonyl (C=O) groups is 2. The van der Waals surface area contributed by atoms with Crippen LogP contribution in [0.2, 0.25) is 5.22 Å². The Bertz CT molecular complexity index is 428. The first-order valence-corrected chi connectivity index (χ1v) is 5.26. The highest BCUT2D eigenvalue weighted by atomic mass is 35.5. The molecular weight excluding hydrogens is 234 g/mol. The highest BCUT2D eigenvalue weighted by Gasteiger charge is 2.35. The number of carbonyl (C=O) groups excluding carboxylic acids is 1. The summed E-state index contributed by atoms with van der Waals surface area (Å²) in [7, 11) is 0. The van der Waals surface area contributed by atoms with Gasteiger partial charge in [-0.3, -0.25) is 4.79 Å². The minimum absolute atomic E-state index is 0.0816. The molecule has 1 aromatic heterocycles. The zero-order valence-corrected chi connectivity index (χ0v) is 9.11. The summed E-state index contributed by atoms with van der Waals surface area (Å²) in [5, 5.41) is 9.05. The third-order valence-corrected chi connectivity index (χ3v) is 2.79. The summed E-state index contributed by atoms with van der Waals surface area (Å²) in [4.78, 5) is 24.1. The summed E-state index contributed by atoms with van der Waals surface area (Å²) in [5.74, 6) is -1.32. The number of likely N-dealkylation sites (tertiary alicyclic amines) is 1. The molecule has 0 aromatic carbocycles. The second kappa shape index (κ2) is 4.17. The predicted molar refractivity (Wildman–Crippen MR) is 55.4 cm³/mol. The summed E-state index contributed by atoms with van der Waals surface area (Å²) >= 11 is 5.56. The van der Waals surface area contributed by atoms with Gasteiger partial charge < -0.3 is 14.4 Å². The maximum Gasteiger partial charge on any atom is 0.326 e. The van der Waals surface area contributed by atoms with Gasteiger partial charge in [-0.25, -0.2) is 4.79 Å². The topological polar surface area (TPSA) is 70.8 Å². The van der Waals surface area contributed by atoms with Gasteiger partial charge in [0.2, 0.25) is 0 Å². The van der Waals surface area contributed by atoms with E-state index in [1.54, 1.807) is 0 Å². The van der Waals surface area contributed by atoms with Gasteiger partial charge in [0.15, 0.2) is 11.0 Å². The van der Waals surface area contributed by atoms with E-state index in [1.807, 2.05) is 0 Å². The maximum atomic E-state index is 11.9. The van der Waals surface area contributed by atoms with Crippen molar-refractivity contribution in [1.29, 1.82) is 0 Å². The van der Waals surface area contributed by atoms with Crippen LogP contribution in [0.1, 0.15) is 23.4 Å². The zero-order chi connectivity index (χ0) is 11.7. The molecule has 1 aliphatic heterocycles. The first-order valence-electron chi connectivity index (χ1n) is 4.88. The molecule has 1 amide bonds. The van der Waals surface area contributed by atoms with Crippen LogP contribution >= 0.6 is 11.6 Å². The number of rotatable bonds is 2. The van der Waals surface area contributed by atoms with Crippen LogP contribution in [-0.2, 0) is 4.79 Å². The molecule has 1 fully saturated rings. The van der Waals surface area contributed by atoms with Gasteiger partial charge in [0, 0.05) is 6.54 Å². The van der Waals surface area contributed by atoms with Gasteiger partial charge in [0.05, 0.1) is 0 Å². The maximum absolute atomic E-state index is 11.9. The number of amides is 1. The zero-order valence-electron chi connectivity index (χ0n) is 8.35. The highest BCUT2D eigenvalue weighted by molar-refractivity contribution is 6.29. The number of halogens is 1. The third-order valence-electron chi connectivity index (χ3n) is 2.58. The van der Waals surface area contributed by atoms with Gasteiger partial charge in [-0.1, -0.05) is 0 Å². The smallest absolute Gasteiger partial charge is 0.326 e. The van der Waals surface area contributed by atoms with Crippen molar-refractivity contribution in [1.82, 2.24) is 4.90 Å². The Balaban J connectivity index is 2.18. The molecule has 0 radical (unpaired) electrons. The number of hydrogen-bond acceptors (Lipinski definition) is 3. The SMILES string of the molecule is O=C(O)C1CCCN1C(=O)c1ccc(Cl)o1. The van der Waals surface area contributed by atoms with E-state index in [1.165, 1.54) is 17.0 Å². The van der Waals surface area contributed by atoms with Crippen LogP contribution in [0.25, 0.3) is 0 Å². The van der Waals surface area contributed by atoms with Crippen molar-refractivity contribution < 1.29 is 19.1 Å². The van der Waals surface area contributed by atoms with Crippen molar-refractivity contribution in [3.8, 4) is 0 Å². The highest BCUT2D eigenvalue weighted by Crippen LogP contribution is 2.22. The van der Waals surface area contributed by atoms with Gasteiger partial charge in [-0.2, -0.15) is 0 Å². The van der Waals surface area contributed by atoms with Crippen molar-refractivity contribution in [3.05, 3.63) is 23.1 Å². The average Bonchev–Trinajstić information content (AvgIpc) is 2.84. The minimum atomic E-state index is -0.983. The van der Waals surface area contributed by atoms with Crippen molar-refractivity contribution >= 4 is 23.5 Å². The van der Waals surface area contributed by atoms with Crippen LogP contribution in [0.5, 0.6) is 0 Å². The standard InChI is InChI=1S/C10H10ClNO4/c11-8-4-3-7(16-8)9(13)12-5-1-2-6(12)10(14)15/h3-4,6H,1-2,5H2,(H,14,15). The number of nitrogens with zero attached hydrogens (tertiary/aromatic N) is 1. The number of carboxylic acid groups (broad SMARTS) is 1. The molecule has 16 heavy (non-hydrogen) atoms. The van der Waals surface area contributed by atoms with Crippen LogP contribution < -0.4 is 0 Å². The first-order chi connectivity index (χ1) is 7.59. The minimum Gasteiger partial charge on any atom is -0.480 e. The Morgan fingerprint density at radius 3 is 2.81 bits per heavy atom. The van der Waals surface area contributed by atoms with E-state index in [4.69, 9.17) is 21.1 Å². The lowest BCUT2D eigenvalue weighted by Gasteiger charge is -2.19. The predicted octanol–water partition coefficient (Wildman–Crippen LogP) is 1.62. The Labute approximate surface area is 96.6 Å². The van der Waals surface area contributed by atoms with Crippen LogP contribution in [0.4, 0.5) is 0 Å². The molecule has 2 rings (SSSR count). The van der Waals surface area contributed by atoms with Crippen molar-refractivity contribution in [2.75, 3.05) is 6.54 Å². The average molecular weight is 244 g/mol. The monoisotopic (exact) mass is 243 g/mol. The van der Waals surface area contributed by atoms with E-state index in [9.17, 15) is 9.59 Å². The molecule has 1 aromatic rings. The molecule has 0 saturated carbocycles. The molecule has 1 aliphatic rings. The molecule has 86 valence electrons. The molecule has 0 bridgehead atoms. The molecule has 1 saturated heterocycles. The molecule has 2 heterocycles. The number of hydrogen-bond donors (Lipinski definition) is 1. The number of furan rings is 1. The Morgan fingerprint density at radius 1 is 1.50 bits per heavy atom. The van der Waals surface area contributed by atoms with E-state index < -0.39 is 17.9 Å². The fraction of sp³-hybridized carbons (Fsp3) is 0.400. The van der Waals surface area contributed by atoms with Gasteiger partial charge in [0.25, 0.3) is 5.91 Å². The Kier molecular flexibility index (Phi) is 2.87. The summed E-state index contributed by atoms with van der Waals surface area (Å²) in [6, 6.07) is 2.15. The van der Waals surface area contributed by atoms with Crippen LogP contribution in [0.15, 0.2) is 16.5 Å². The van der Waals surface area contributed by atoms with Crippen molar-refractivity contribution in [2.24, 2.45) is 0 Å². The van der Waals surface area contributed by atoms with Gasteiger partial charge in [0.1, 0.15) is 6.04 Å². The second-order valence-electron chi connectivity index (χ2n) is 3.60. The quantitative estimate of drug-likeness (QED) is 0.857. The molecule has 1 unspecified atom stereocenters. The summed E-state index contributed by atoms with van der Waals surface area (Å²) < 4.78 is 4.97. The number of aliphatic carboxylic acids is 1. The van der Waals surface area contributed by atoms with E-state index in [-0.39, 0.29) is 11.0 Å². The van der Waals surface area contributed by atoms with Gasteiger partial charge in [-0.15, -0.1) is 0 Å². The van der Waals surface area contributed by atoms with Crippen molar-refractivity contribution in [3.63, 3.8) is 0 Å².